The van der Waals surface area contributed by atoms with Gasteiger partial charge in [0.05, 0.1) is 13.1 Å². The predicted molar refractivity (Wildman–Crippen MR) is 73.0 cm³/mol. The van der Waals surface area contributed by atoms with E-state index in [9.17, 15) is 0 Å². The van der Waals surface area contributed by atoms with Crippen LogP contribution in [0.2, 0.25) is 10.0 Å². The van der Waals surface area contributed by atoms with Gasteiger partial charge in [-0.1, -0.05) is 30.1 Å². The lowest BCUT2D eigenvalue weighted by atomic mass is 10.2. The second-order valence-electron chi connectivity index (χ2n) is 3.87. The van der Waals surface area contributed by atoms with Gasteiger partial charge in [-0.05, 0) is 30.3 Å². The Balaban J connectivity index is 2.08. The summed E-state index contributed by atoms with van der Waals surface area (Å²) in [5, 5.41) is 8.88. The highest BCUT2D eigenvalue weighted by Gasteiger charge is 2.05. The number of hydrogen-bond acceptors (Lipinski definition) is 3. The van der Waals surface area contributed by atoms with Gasteiger partial charge in [0.2, 0.25) is 0 Å². The van der Waals surface area contributed by atoms with E-state index in [0.717, 1.165) is 17.9 Å². The number of rotatable bonds is 5. The van der Waals surface area contributed by atoms with E-state index in [0.29, 0.717) is 23.1 Å². The van der Waals surface area contributed by atoms with Crippen LogP contribution < -0.4 is 5.32 Å². The van der Waals surface area contributed by atoms with Gasteiger partial charge in [-0.15, -0.1) is 0 Å². The molecule has 96 valence electrons. The van der Waals surface area contributed by atoms with E-state index >= 15 is 0 Å². The highest BCUT2D eigenvalue weighted by Crippen LogP contribution is 2.21. The molecular formula is C12H14Cl2N4. The van der Waals surface area contributed by atoms with Gasteiger partial charge in [-0.2, -0.15) is 5.10 Å². The molecule has 4 nitrogen and oxygen atoms in total. The van der Waals surface area contributed by atoms with Crippen molar-refractivity contribution in [2.75, 3.05) is 6.54 Å². The summed E-state index contributed by atoms with van der Waals surface area (Å²) in [7, 11) is 0. The normalized spacial score (nSPS) is 10.8. The highest BCUT2D eigenvalue weighted by atomic mass is 35.5. The summed E-state index contributed by atoms with van der Waals surface area (Å²) in [5.41, 5.74) is 0.934. The van der Waals surface area contributed by atoms with E-state index in [2.05, 4.69) is 15.4 Å². The minimum absolute atomic E-state index is 0.568. The predicted octanol–water partition coefficient (Wildman–Crippen LogP) is 2.74. The molecule has 0 bridgehead atoms. The zero-order valence-corrected chi connectivity index (χ0v) is 11.5. The van der Waals surface area contributed by atoms with Crippen molar-refractivity contribution in [3.05, 3.63) is 46.0 Å². The van der Waals surface area contributed by atoms with Gasteiger partial charge in [0, 0.05) is 10.0 Å². The summed E-state index contributed by atoms with van der Waals surface area (Å²) in [6, 6.07) is 5.40. The van der Waals surface area contributed by atoms with Crippen LogP contribution in [0, 0.1) is 0 Å². The first-order chi connectivity index (χ1) is 8.69. The standard InChI is InChI=1S/C12H14Cl2N4/c1-2-15-6-12-16-8-18(17-12)7-9-5-10(13)3-4-11(9)14/h3-5,8,15H,2,6-7H2,1H3. The summed E-state index contributed by atoms with van der Waals surface area (Å²) in [6.07, 6.45) is 1.70. The van der Waals surface area contributed by atoms with Crippen LogP contribution in [-0.2, 0) is 13.1 Å². The fourth-order valence-electron chi connectivity index (χ4n) is 1.57. The first kappa shape index (κ1) is 13.3. The van der Waals surface area contributed by atoms with Gasteiger partial charge < -0.3 is 5.32 Å². The largest absolute Gasteiger partial charge is 0.310 e. The van der Waals surface area contributed by atoms with Crippen LogP contribution in [-0.4, -0.2) is 21.3 Å². The van der Waals surface area contributed by atoms with Crippen molar-refractivity contribution in [2.45, 2.75) is 20.0 Å². The topological polar surface area (TPSA) is 42.7 Å². The summed E-state index contributed by atoms with van der Waals surface area (Å²) < 4.78 is 1.75. The molecule has 0 spiro atoms. The summed E-state index contributed by atoms with van der Waals surface area (Å²) in [6.45, 7) is 4.18. The van der Waals surface area contributed by atoms with E-state index in [1.165, 1.54) is 0 Å². The zero-order chi connectivity index (χ0) is 13.0. The molecule has 0 amide bonds. The number of halogens is 2. The maximum Gasteiger partial charge on any atom is 0.164 e. The second-order valence-corrected chi connectivity index (χ2v) is 4.72. The number of benzene rings is 1. The smallest absolute Gasteiger partial charge is 0.164 e. The lowest BCUT2D eigenvalue weighted by Crippen LogP contribution is -2.13. The molecule has 0 saturated heterocycles. The van der Waals surface area contributed by atoms with Gasteiger partial charge >= 0.3 is 0 Å². The molecular weight excluding hydrogens is 271 g/mol. The van der Waals surface area contributed by atoms with Crippen LogP contribution in [0.5, 0.6) is 0 Å². The molecule has 2 aromatic rings. The Kier molecular flexibility index (Phi) is 4.58. The molecule has 0 aliphatic rings. The zero-order valence-electron chi connectivity index (χ0n) is 10.0. The van der Waals surface area contributed by atoms with Crippen LogP contribution in [0.4, 0.5) is 0 Å². The summed E-state index contributed by atoms with van der Waals surface area (Å²) in [4.78, 5) is 4.22. The lowest BCUT2D eigenvalue weighted by Gasteiger charge is -2.04. The molecule has 1 N–H and O–H groups in total. The number of nitrogens with zero attached hydrogens (tertiary/aromatic N) is 3. The van der Waals surface area contributed by atoms with Crippen LogP contribution in [0.25, 0.3) is 0 Å². The Bertz CT molecular complexity index is 525. The molecule has 0 aliphatic heterocycles. The second kappa shape index (κ2) is 6.18. The molecule has 0 unspecified atom stereocenters. The third-order valence-corrected chi connectivity index (χ3v) is 3.06. The van der Waals surface area contributed by atoms with Crippen LogP contribution >= 0.6 is 23.2 Å². The van der Waals surface area contributed by atoms with Gasteiger partial charge in [-0.25, -0.2) is 9.67 Å². The fourth-order valence-corrected chi connectivity index (χ4v) is 1.94. The van der Waals surface area contributed by atoms with Gasteiger partial charge in [0.25, 0.3) is 0 Å². The Labute approximate surface area is 116 Å². The van der Waals surface area contributed by atoms with Gasteiger partial charge in [-0.3, -0.25) is 0 Å². The van der Waals surface area contributed by atoms with Crippen molar-refractivity contribution in [1.29, 1.82) is 0 Å². The van der Waals surface area contributed by atoms with E-state index in [-0.39, 0.29) is 0 Å². The SMILES string of the molecule is CCNCc1ncn(Cc2cc(Cl)ccc2Cl)n1. The monoisotopic (exact) mass is 284 g/mol. The number of hydrogen-bond donors (Lipinski definition) is 1. The number of aromatic nitrogens is 3. The molecule has 6 heteroatoms. The minimum atomic E-state index is 0.568. The molecule has 1 aromatic heterocycles. The molecule has 0 radical (unpaired) electrons. The van der Waals surface area contributed by atoms with Crippen molar-refractivity contribution in [1.82, 2.24) is 20.1 Å². The van der Waals surface area contributed by atoms with E-state index < -0.39 is 0 Å². The lowest BCUT2D eigenvalue weighted by molar-refractivity contribution is 0.643. The molecule has 2 rings (SSSR count). The fraction of sp³-hybridized carbons (Fsp3) is 0.333. The van der Waals surface area contributed by atoms with Crippen molar-refractivity contribution in [2.24, 2.45) is 0 Å². The van der Waals surface area contributed by atoms with Crippen LogP contribution in [0.15, 0.2) is 24.5 Å². The van der Waals surface area contributed by atoms with E-state index in [1.807, 2.05) is 13.0 Å². The molecule has 0 atom stereocenters. The third-order valence-electron chi connectivity index (χ3n) is 2.46. The summed E-state index contributed by atoms with van der Waals surface area (Å²) in [5.74, 6) is 0.773. The van der Waals surface area contributed by atoms with E-state index in [1.54, 1.807) is 23.1 Å². The molecule has 0 fully saturated rings. The van der Waals surface area contributed by atoms with Crippen molar-refractivity contribution in [3.63, 3.8) is 0 Å². The Morgan fingerprint density at radius 2 is 2.17 bits per heavy atom. The van der Waals surface area contributed by atoms with Crippen molar-refractivity contribution < 1.29 is 0 Å². The third kappa shape index (κ3) is 3.45. The minimum Gasteiger partial charge on any atom is -0.310 e. The first-order valence-corrected chi connectivity index (χ1v) is 6.47. The highest BCUT2D eigenvalue weighted by molar-refractivity contribution is 6.33. The molecule has 0 aliphatic carbocycles. The maximum atomic E-state index is 6.10. The average molecular weight is 285 g/mol. The molecule has 1 heterocycles. The Hall–Kier alpha value is -1.10. The maximum absolute atomic E-state index is 6.10. The quantitative estimate of drug-likeness (QED) is 0.918. The molecule has 0 saturated carbocycles. The average Bonchev–Trinajstić information content (AvgIpc) is 2.79. The van der Waals surface area contributed by atoms with Crippen molar-refractivity contribution >= 4 is 23.2 Å². The van der Waals surface area contributed by atoms with Crippen molar-refractivity contribution in [3.8, 4) is 0 Å². The van der Waals surface area contributed by atoms with Crippen LogP contribution in [0.1, 0.15) is 18.3 Å². The first-order valence-electron chi connectivity index (χ1n) is 5.72. The molecule has 1 aromatic carbocycles. The number of nitrogens with one attached hydrogen (secondary N) is 1. The van der Waals surface area contributed by atoms with Gasteiger partial charge in [0.1, 0.15) is 6.33 Å². The Morgan fingerprint density at radius 3 is 2.94 bits per heavy atom. The molecule has 18 heavy (non-hydrogen) atoms. The van der Waals surface area contributed by atoms with Gasteiger partial charge in [0.15, 0.2) is 5.82 Å². The van der Waals surface area contributed by atoms with E-state index in [4.69, 9.17) is 23.2 Å². The summed E-state index contributed by atoms with van der Waals surface area (Å²) >= 11 is 12.0. The Morgan fingerprint density at radius 1 is 1.33 bits per heavy atom. The van der Waals surface area contributed by atoms with Crippen LogP contribution in [0.3, 0.4) is 0 Å².